The minimum absolute atomic E-state index is 0.0579. The minimum Gasteiger partial charge on any atom is -0.497 e. The highest BCUT2D eigenvalue weighted by Gasteiger charge is 2.32. The number of aliphatic imine (C=N–C) groups is 1. The van der Waals surface area contributed by atoms with Gasteiger partial charge in [-0.15, -0.1) is 0 Å². The molecule has 0 aromatic heterocycles. The van der Waals surface area contributed by atoms with Crippen LogP contribution in [0.2, 0.25) is 0 Å². The molecule has 2 aliphatic heterocycles. The Morgan fingerprint density at radius 1 is 1.09 bits per heavy atom. The Kier molecular flexibility index (Phi) is 6.24. The van der Waals surface area contributed by atoms with Crippen LogP contribution >= 0.6 is 0 Å². The summed E-state index contributed by atoms with van der Waals surface area (Å²) in [6.45, 7) is 4.58. The van der Waals surface area contributed by atoms with Crippen LogP contribution in [0.5, 0.6) is 5.75 Å². The summed E-state index contributed by atoms with van der Waals surface area (Å²) in [7, 11) is 1.55. The number of hydrogen-bond acceptors (Lipinski definition) is 6. The van der Waals surface area contributed by atoms with Crippen molar-refractivity contribution < 1.29 is 19.1 Å². The van der Waals surface area contributed by atoms with Gasteiger partial charge in [0.25, 0.3) is 11.8 Å². The van der Waals surface area contributed by atoms with E-state index in [1.165, 1.54) is 0 Å². The van der Waals surface area contributed by atoms with Crippen molar-refractivity contribution in [3.63, 3.8) is 0 Å². The Morgan fingerprint density at radius 2 is 1.73 bits per heavy atom. The van der Waals surface area contributed by atoms with Crippen molar-refractivity contribution >= 4 is 23.3 Å². The average molecular weight is 444 g/mol. The van der Waals surface area contributed by atoms with Crippen LogP contribution in [0.1, 0.15) is 35.3 Å². The molecule has 8 nitrogen and oxygen atoms in total. The molecule has 33 heavy (non-hydrogen) atoms. The molecule has 1 fully saturated rings. The van der Waals surface area contributed by atoms with E-state index in [9.17, 15) is 14.9 Å². The maximum Gasteiger partial charge on any atom is 0.266 e. The lowest BCUT2D eigenvalue weighted by atomic mass is 10.0. The number of morpholine rings is 1. The van der Waals surface area contributed by atoms with Crippen molar-refractivity contribution in [1.82, 2.24) is 10.2 Å². The number of amides is 2. The summed E-state index contributed by atoms with van der Waals surface area (Å²) >= 11 is 0. The number of carbonyl (C=O) groups is 2. The molecule has 2 aromatic rings. The number of fused-ring (bicyclic) bond motifs is 1. The summed E-state index contributed by atoms with van der Waals surface area (Å²) in [6.07, 6.45) is -0.247. The molecule has 168 valence electrons. The van der Waals surface area contributed by atoms with E-state index in [0.29, 0.717) is 41.4 Å². The molecule has 0 radical (unpaired) electrons. The second-order valence-electron chi connectivity index (χ2n) is 7.99. The molecule has 1 N–H and O–H groups in total. The van der Waals surface area contributed by atoms with Crippen molar-refractivity contribution in [2.45, 2.75) is 26.1 Å². The first kappa shape index (κ1) is 22.2. The topological polar surface area (TPSA) is 104 Å². The van der Waals surface area contributed by atoms with Crippen molar-refractivity contribution in [2.24, 2.45) is 4.99 Å². The van der Waals surface area contributed by atoms with Crippen molar-refractivity contribution in [1.29, 1.82) is 5.26 Å². The molecular formula is C25H24N4O4. The van der Waals surface area contributed by atoms with Gasteiger partial charge in [-0.3, -0.25) is 9.59 Å². The number of nitrogens with one attached hydrogen (secondary N) is 1. The fourth-order valence-electron chi connectivity index (χ4n) is 4.04. The van der Waals surface area contributed by atoms with Crippen LogP contribution in [-0.2, 0) is 9.53 Å². The number of amidine groups is 1. The normalized spacial score (nSPS) is 20.9. The number of nitriles is 1. The quantitative estimate of drug-likeness (QED) is 0.579. The number of nitrogens with zero attached hydrogens (tertiary/aromatic N) is 3. The molecule has 2 amide bonds. The molecule has 2 atom stereocenters. The van der Waals surface area contributed by atoms with Gasteiger partial charge in [0.15, 0.2) is 0 Å². The summed E-state index contributed by atoms with van der Waals surface area (Å²) in [5.74, 6) is 0.193. The minimum atomic E-state index is -0.393. The molecule has 0 bridgehead atoms. The van der Waals surface area contributed by atoms with E-state index in [1.807, 2.05) is 26.0 Å². The second-order valence-corrected chi connectivity index (χ2v) is 7.99. The number of benzene rings is 2. The van der Waals surface area contributed by atoms with Crippen LogP contribution < -0.4 is 10.1 Å². The first-order valence-electron chi connectivity index (χ1n) is 10.6. The van der Waals surface area contributed by atoms with Gasteiger partial charge in [-0.2, -0.15) is 5.26 Å². The van der Waals surface area contributed by atoms with Gasteiger partial charge in [-0.05, 0) is 38.1 Å². The van der Waals surface area contributed by atoms with E-state index in [2.05, 4.69) is 10.3 Å². The zero-order chi connectivity index (χ0) is 23.5. The van der Waals surface area contributed by atoms with E-state index in [4.69, 9.17) is 9.47 Å². The van der Waals surface area contributed by atoms with E-state index < -0.39 is 5.91 Å². The molecule has 2 heterocycles. The van der Waals surface area contributed by atoms with Gasteiger partial charge < -0.3 is 19.7 Å². The fourth-order valence-corrected chi connectivity index (χ4v) is 4.04. The van der Waals surface area contributed by atoms with Gasteiger partial charge >= 0.3 is 0 Å². The predicted molar refractivity (Wildman–Crippen MR) is 123 cm³/mol. The average Bonchev–Trinajstić information content (AvgIpc) is 3.17. The molecule has 2 unspecified atom stereocenters. The summed E-state index contributed by atoms with van der Waals surface area (Å²) in [4.78, 5) is 32.2. The van der Waals surface area contributed by atoms with Gasteiger partial charge in [0, 0.05) is 29.8 Å². The molecule has 0 saturated carbocycles. The Bertz CT molecular complexity index is 1180. The lowest BCUT2D eigenvalue weighted by Crippen LogP contribution is -2.48. The smallest absolute Gasteiger partial charge is 0.266 e. The van der Waals surface area contributed by atoms with Crippen LogP contribution in [0, 0.1) is 11.3 Å². The van der Waals surface area contributed by atoms with Gasteiger partial charge in [0.05, 0.1) is 25.0 Å². The monoisotopic (exact) mass is 444 g/mol. The summed E-state index contributed by atoms with van der Waals surface area (Å²) < 4.78 is 10.8. The van der Waals surface area contributed by atoms with Gasteiger partial charge in [0.1, 0.15) is 23.2 Å². The first-order chi connectivity index (χ1) is 15.9. The standard InChI is InChI=1S/C25H24N4O4/c1-15-13-29(14-16(2)33-15)25(31)21(12-26)22-19-6-4-5-7-20(19)23(27-22)28-24(30)17-8-10-18(32-3)11-9-17/h4-11,15-16H,13-14H2,1-3H3,(H,27,28,30). The van der Waals surface area contributed by atoms with Crippen LogP contribution in [0.4, 0.5) is 0 Å². The van der Waals surface area contributed by atoms with E-state index in [-0.39, 0.29) is 29.4 Å². The number of methoxy groups -OCH3 is 1. The van der Waals surface area contributed by atoms with E-state index in [1.54, 1.807) is 54.5 Å². The van der Waals surface area contributed by atoms with Crippen LogP contribution in [0.25, 0.3) is 5.70 Å². The Labute approximate surface area is 192 Å². The molecule has 2 aromatic carbocycles. The fraction of sp³-hybridized carbons (Fsp3) is 0.280. The third kappa shape index (κ3) is 4.49. The van der Waals surface area contributed by atoms with E-state index >= 15 is 0 Å². The van der Waals surface area contributed by atoms with Gasteiger partial charge in [-0.1, -0.05) is 24.3 Å². The second kappa shape index (κ2) is 9.27. The number of hydrogen-bond donors (Lipinski definition) is 1. The van der Waals surface area contributed by atoms with Crippen molar-refractivity contribution in [2.75, 3.05) is 20.2 Å². The Morgan fingerprint density at radius 3 is 2.33 bits per heavy atom. The summed E-state index contributed by atoms with van der Waals surface area (Å²) in [5.41, 5.74) is 1.91. The zero-order valence-electron chi connectivity index (χ0n) is 18.7. The number of ether oxygens (including phenoxy) is 2. The van der Waals surface area contributed by atoms with Gasteiger partial charge in [0.2, 0.25) is 0 Å². The maximum atomic E-state index is 13.2. The van der Waals surface area contributed by atoms with Crippen molar-refractivity contribution in [3.05, 3.63) is 70.8 Å². The maximum absolute atomic E-state index is 13.2. The van der Waals surface area contributed by atoms with Crippen LogP contribution in [0.3, 0.4) is 0 Å². The molecule has 2 aliphatic rings. The van der Waals surface area contributed by atoms with Gasteiger partial charge in [-0.25, -0.2) is 4.99 Å². The molecule has 0 aliphatic carbocycles. The summed E-state index contributed by atoms with van der Waals surface area (Å²) in [6, 6.07) is 15.9. The SMILES string of the molecule is COc1ccc(C(=O)NC2=NC(=C(C#N)C(=O)N3CC(C)OC(C)C3)c3ccccc32)cc1. The third-order valence-electron chi connectivity index (χ3n) is 5.51. The Hall–Kier alpha value is -3.96. The highest BCUT2D eigenvalue weighted by molar-refractivity contribution is 6.20. The zero-order valence-corrected chi connectivity index (χ0v) is 18.7. The lowest BCUT2D eigenvalue weighted by molar-refractivity contribution is -0.138. The number of rotatable bonds is 3. The van der Waals surface area contributed by atoms with E-state index in [0.717, 1.165) is 0 Å². The van der Waals surface area contributed by atoms with Crippen LogP contribution in [0.15, 0.2) is 59.1 Å². The predicted octanol–water partition coefficient (Wildman–Crippen LogP) is 2.76. The highest BCUT2D eigenvalue weighted by atomic mass is 16.5. The lowest BCUT2D eigenvalue weighted by Gasteiger charge is -2.35. The largest absolute Gasteiger partial charge is 0.497 e. The molecule has 0 spiro atoms. The third-order valence-corrected chi connectivity index (χ3v) is 5.51. The van der Waals surface area contributed by atoms with Crippen molar-refractivity contribution in [3.8, 4) is 11.8 Å². The molecule has 4 rings (SSSR count). The molecule has 8 heteroatoms. The highest BCUT2D eigenvalue weighted by Crippen LogP contribution is 2.31. The molecule has 1 saturated heterocycles. The molecular weight excluding hydrogens is 420 g/mol. The Balaban J connectivity index is 1.67. The van der Waals surface area contributed by atoms with Crippen LogP contribution in [-0.4, -0.2) is 55.0 Å². The number of carbonyl (C=O) groups excluding carboxylic acids is 2. The summed E-state index contributed by atoms with van der Waals surface area (Å²) in [5, 5.41) is 12.7. The first-order valence-corrected chi connectivity index (χ1v) is 10.6.